The average molecular weight is 875 g/mol. The SMILES string of the molecule is CN(CCCC(=O)NCC#Cc1cn([C@@H]2O[C@H](COP(=O)(O)OP(=O)(O)OP(=O)(O)O)[C@@H](O)[C@H]2O)c(=O)nc1N)c1ccc2nc3ccc(=[N+](C)C)cc-3sc2c1. The number of nitrogens with one attached hydrogen (secondary N) is 1. The monoisotopic (exact) mass is 874 g/mol. The molecule has 5 rings (SSSR count). The van der Waals surface area contributed by atoms with Crippen LogP contribution in [0.15, 0.2) is 47.4 Å². The number of nitrogens with two attached hydrogens (primary N) is 1. The molecule has 9 N–H and O–H groups in total. The van der Waals surface area contributed by atoms with Gasteiger partial charge in [-0.25, -0.2) is 28.0 Å². The van der Waals surface area contributed by atoms with Crippen molar-refractivity contribution in [3.05, 3.63) is 64.0 Å². The van der Waals surface area contributed by atoms with E-state index in [1.165, 1.54) is 0 Å². The number of aliphatic hydroxyl groups is 2. The molecule has 0 radical (unpaired) electrons. The number of hydrogen-bond donors (Lipinski definition) is 8. The van der Waals surface area contributed by atoms with Crippen molar-refractivity contribution < 1.29 is 66.2 Å². The van der Waals surface area contributed by atoms with Gasteiger partial charge in [0.05, 0.1) is 39.5 Å². The van der Waals surface area contributed by atoms with Gasteiger partial charge >= 0.3 is 29.2 Å². The second-order valence-corrected chi connectivity index (χ2v) is 18.2. The van der Waals surface area contributed by atoms with Crippen LogP contribution in [0.5, 0.6) is 0 Å². The van der Waals surface area contributed by atoms with Crippen molar-refractivity contribution in [3.63, 3.8) is 0 Å². The predicted molar refractivity (Wildman–Crippen MR) is 204 cm³/mol. The lowest BCUT2D eigenvalue weighted by Crippen LogP contribution is -2.36. The standard InChI is InChI=1S/C31H38N7O15P3S/c1-36(2)19-8-10-21-24(14-19)57-25-15-20(9-11-22(25)34-21)37(3)13-5-7-26(39)33-12-4-6-18-16-38(31(42)35-29(18)32)30-28(41)27(40)23(51-30)17-50-55(46,47)53-56(48,49)52-54(43,44)45/h8-11,14-16,23,27-28,30,40-41H,5,7,12-13,17H2,1-3H3,(H6-,32,33,35,39,42,43,44,45,46,47,48,49)/p+1/t23-,27-,28-,30-/m1/s1. The highest BCUT2D eigenvalue weighted by Crippen LogP contribution is 2.66. The molecule has 2 unspecified atom stereocenters. The highest BCUT2D eigenvalue weighted by atomic mass is 32.1. The molecule has 2 aliphatic heterocycles. The maximum Gasteiger partial charge on any atom is 0.490 e. The van der Waals surface area contributed by atoms with Gasteiger partial charge in [0.2, 0.25) is 11.3 Å². The first-order valence-corrected chi connectivity index (χ1v) is 22.0. The van der Waals surface area contributed by atoms with Gasteiger partial charge in [0.15, 0.2) is 6.23 Å². The Balaban J connectivity index is 1.13. The second-order valence-electron chi connectivity index (χ2n) is 12.7. The van der Waals surface area contributed by atoms with Gasteiger partial charge in [-0.15, -0.1) is 11.3 Å². The van der Waals surface area contributed by atoms with E-state index in [1.54, 1.807) is 11.3 Å². The number of rotatable bonds is 14. The van der Waals surface area contributed by atoms with Gasteiger partial charge in [0, 0.05) is 44.0 Å². The van der Waals surface area contributed by atoms with Gasteiger partial charge in [0.1, 0.15) is 38.2 Å². The molecule has 3 aliphatic rings. The first-order valence-electron chi connectivity index (χ1n) is 16.6. The van der Waals surface area contributed by atoms with E-state index in [4.69, 9.17) is 25.2 Å². The number of phosphoric ester groups is 1. The Morgan fingerprint density at radius 3 is 2.51 bits per heavy atom. The molecule has 2 aromatic rings. The summed E-state index contributed by atoms with van der Waals surface area (Å²) in [5, 5.41) is 24.7. The minimum absolute atomic E-state index is 0.0230. The molecule has 1 amide bonds. The van der Waals surface area contributed by atoms with E-state index in [0.717, 1.165) is 42.6 Å². The van der Waals surface area contributed by atoms with Crippen LogP contribution in [0.25, 0.3) is 20.8 Å². The summed E-state index contributed by atoms with van der Waals surface area (Å²) in [6, 6.07) is 12.2. The van der Waals surface area contributed by atoms with Crippen molar-refractivity contribution in [1.29, 1.82) is 0 Å². The maximum absolute atomic E-state index is 12.6. The number of aromatic nitrogens is 3. The first kappa shape index (κ1) is 44.2. The lowest BCUT2D eigenvalue weighted by molar-refractivity contribution is -0.120. The molecule has 0 bridgehead atoms. The summed E-state index contributed by atoms with van der Waals surface area (Å²) in [5.41, 5.74) is 7.57. The summed E-state index contributed by atoms with van der Waals surface area (Å²) in [6.07, 6.45) is -5.26. The summed E-state index contributed by atoms with van der Waals surface area (Å²) in [4.78, 5) is 73.0. The van der Waals surface area contributed by atoms with Crippen LogP contribution in [0, 0.1) is 11.8 Å². The Bertz CT molecular complexity index is 2460. The summed E-state index contributed by atoms with van der Waals surface area (Å²) in [6.45, 7) is -0.608. The Kier molecular flexibility index (Phi) is 13.9. The van der Waals surface area contributed by atoms with Gasteiger partial charge in [0.25, 0.3) is 0 Å². The number of amides is 1. The Hall–Kier alpha value is -3.94. The molecule has 1 aromatic carbocycles. The summed E-state index contributed by atoms with van der Waals surface area (Å²) >= 11 is 1.66. The van der Waals surface area contributed by atoms with Crippen molar-refractivity contribution in [1.82, 2.24) is 24.4 Å². The third-order valence-corrected chi connectivity index (χ3v) is 13.1. The Morgan fingerprint density at radius 1 is 1.07 bits per heavy atom. The number of benzene rings is 2. The van der Waals surface area contributed by atoms with Crippen molar-refractivity contribution in [3.8, 4) is 22.4 Å². The zero-order valence-electron chi connectivity index (χ0n) is 30.3. The molecule has 1 aliphatic carbocycles. The van der Waals surface area contributed by atoms with E-state index >= 15 is 0 Å². The van der Waals surface area contributed by atoms with E-state index in [-0.39, 0.29) is 30.3 Å². The fourth-order valence-corrected chi connectivity index (χ4v) is 9.48. The van der Waals surface area contributed by atoms with Crippen molar-refractivity contribution in [2.75, 3.05) is 51.5 Å². The Morgan fingerprint density at radius 2 is 1.81 bits per heavy atom. The molecule has 22 nitrogen and oxygen atoms in total. The number of nitrogens with zero attached hydrogens (tertiary/aromatic N) is 5. The fourth-order valence-electron chi connectivity index (χ4n) is 5.42. The summed E-state index contributed by atoms with van der Waals surface area (Å²) < 4.78 is 55.3. The number of nitrogen functional groups attached to an aromatic ring is 1. The van der Waals surface area contributed by atoms with E-state index in [2.05, 4.69) is 47.4 Å². The van der Waals surface area contributed by atoms with Crippen molar-refractivity contribution >= 4 is 62.4 Å². The van der Waals surface area contributed by atoms with E-state index < -0.39 is 60.3 Å². The van der Waals surface area contributed by atoms with Gasteiger partial charge in [-0.3, -0.25) is 13.9 Å². The van der Waals surface area contributed by atoms with Gasteiger partial charge in [-0.2, -0.15) is 13.6 Å². The third-order valence-electron chi connectivity index (χ3n) is 8.21. The smallest absolute Gasteiger partial charge is 0.387 e. The molecule has 26 heteroatoms. The van der Waals surface area contributed by atoms with E-state index in [1.807, 2.05) is 54.9 Å². The van der Waals surface area contributed by atoms with Crippen LogP contribution in [0.4, 0.5) is 11.5 Å². The predicted octanol–water partition coefficient (Wildman–Crippen LogP) is -0.0814. The zero-order chi connectivity index (χ0) is 41.9. The van der Waals surface area contributed by atoms with E-state index in [9.17, 15) is 43.3 Å². The number of phosphoric acid groups is 3. The third kappa shape index (κ3) is 11.8. The maximum atomic E-state index is 12.6. The van der Waals surface area contributed by atoms with Crippen LogP contribution in [0.2, 0.25) is 0 Å². The van der Waals surface area contributed by atoms with Crippen molar-refractivity contribution in [2.24, 2.45) is 0 Å². The van der Waals surface area contributed by atoms with Crippen molar-refractivity contribution in [2.45, 2.75) is 37.4 Å². The van der Waals surface area contributed by atoms with Crippen LogP contribution < -0.4 is 31.6 Å². The van der Waals surface area contributed by atoms with E-state index in [0.29, 0.717) is 13.0 Å². The molecule has 0 saturated carbocycles. The number of carbonyl (C=O) groups is 1. The second kappa shape index (κ2) is 17.9. The molecule has 1 saturated heterocycles. The normalized spacial score (nSPS) is 20.4. The highest BCUT2D eigenvalue weighted by molar-refractivity contribution is 7.66. The lowest BCUT2D eigenvalue weighted by atomic mass is 10.1. The van der Waals surface area contributed by atoms with Gasteiger partial charge < -0.3 is 50.5 Å². The summed E-state index contributed by atoms with van der Waals surface area (Å²) in [5.74, 6) is 4.78. The van der Waals surface area contributed by atoms with Crippen LogP contribution in [0.3, 0.4) is 0 Å². The average Bonchev–Trinajstić information content (AvgIpc) is 3.39. The van der Waals surface area contributed by atoms with Crippen LogP contribution in [0.1, 0.15) is 24.6 Å². The largest absolute Gasteiger partial charge is 0.490 e. The zero-order valence-corrected chi connectivity index (χ0v) is 33.8. The fraction of sp³-hybridized carbons (Fsp3) is 0.387. The number of aliphatic hydroxyl groups excluding tert-OH is 2. The number of ether oxygens (including phenoxy) is 1. The molecule has 308 valence electrons. The summed E-state index contributed by atoms with van der Waals surface area (Å²) in [7, 11) is -11.1. The Labute approximate surface area is 327 Å². The molecule has 57 heavy (non-hydrogen) atoms. The molecule has 1 aromatic heterocycles. The van der Waals surface area contributed by atoms with Crippen LogP contribution >= 0.6 is 34.8 Å². The van der Waals surface area contributed by atoms with Gasteiger partial charge in [-0.1, -0.05) is 11.8 Å². The van der Waals surface area contributed by atoms with Gasteiger partial charge in [-0.05, 0) is 30.7 Å². The lowest BCUT2D eigenvalue weighted by Gasteiger charge is -2.19. The molecular weight excluding hydrogens is 835 g/mol. The quantitative estimate of drug-likeness (QED) is 0.0355. The minimum atomic E-state index is -5.81. The molecular formula is C31H39N7O15P3S+. The molecule has 3 heterocycles. The molecule has 6 atom stereocenters. The number of fused-ring (bicyclic) bond motifs is 2. The number of anilines is 2. The molecule has 0 spiro atoms. The number of hydrogen-bond acceptors (Lipinski definition) is 16. The minimum Gasteiger partial charge on any atom is -0.387 e. The number of carbonyl (C=O) groups excluding carboxylic acids is 1. The van der Waals surface area contributed by atoms with Crippen LogP contribution in [-0.2, 0) is 36.4 Å². The molecule has 1 fully saturated rings. The van der Waals surface area contributed by atoms with Crippen LogP contribution in [-0.4, -0.2) is 109 Å². The topological polar surface area (TPSA) is 319 Å². The first-order chi connectivity index (χ1) is 26.6. The highest BCUT2D eigenvalue weighted by Gasteiger charge is 2.47.